The van der Waals surface area contributed by atoms with Crippen molar-refractivity contribution in [2.75, 3.05) is 51.8 Å². The van der Waals surface area contributed by atoms with E-state index in [0.717, 1.165) is 61.5 Å². The van der Waals surface area contributed by atoms with E-state index < -0.39 is 0 Å². The zero-order chi connectivity index (χ0) is 15.9. The maximum Gasteiger partial charge on any atom is 0.321 e. The molecule has 5 nitrogen and oxygen atoms in total. The Balaban J connectivity index is 1.80. The van der Waals surface area contributed by atoms with Gasteiger partial charge in [0.1, 0.15) is 0 Å². The number of ether oxygens (including phenoxy) is 1. The molecule has 0 aliphatic carbocycles. The Labute approximate surface area is 140 Å². The predicted octanol–water partition coefficient (Wildman–Crippen LogP) is 2.94. The average Bonchev–Trinajstić information content (AvgIpc) is 2.51. The van der Waals surface area contributed by atoms with Crippen molar-refractivity contribution in [1.29, 1.82) is 0 Å². The number of benzene rings is 1. The topological polar surface area (TPSA) is 44.8 Å². The van der Waals surface area contributed by atoms with Crippen molar-refractivity contribution in [3.05, 3.63) is 28.2 Å². The molecule has 1 aromatic rings. The van der Waals surface area contributed by atoms with Crippen molar-refractivity contribution in [3.63, 3.8) is 0 Å². The van der Waals surface area contributed by atoms with Crippen LogP contribution in [0.1, 0.15) is 12.0 Å². The van der Waals surface area contributed by atoms with Crippen LogP contribution < -0.4 is 5.32 Å². The number of piperazine rings is 1. The van der Waals surface area contributed by atoms with Crippen molar-refractivity contribution in [2.45, 2.75) is 13.3 Å². The highest BCUT2D eigenvalue weighted by Crippen LogP contribution is 2.23. The largest absolute Gasteiger partial charge is 0.385 e. The Morgan fingerprint density at radius 1 is 1.32 bits per heavy atom. The second-order valence-electron chi connectivity index (χ2n) is 5.59. The van der Waals surface area contributed by atoms with E-state index in [1.807, 2.05) is 30.0 Å². The predicted molar refractivity (Wildman–Crippen MR) is 92.4 cm³/mol. The van der Waals surface area contributed by atoms with E-state index in [1.165, 1.54) is 0 Å². The standard InChI is InChI=1S/C16H24BrN3O2/c1-13-4-5-15(14(17)12-13)18-16(21)20-9-7-19(8-10-20)6-3-11-22-2/h4-5,12H,3,6-11H2,1-2H3,(H,18,21). The summed E-state index contributed by atoms with van der Waals surface area (Å²) in [6, 6.07) is 5.90. The third kappa shape index (κ3) is 4.97. The van der Waals surface area contributed by atoms with Crippen LogP contribution in [-0.2, 0) is 4.74 Å². The summed E-state index contributed by atoms with van der Waals surface area (Å²) in [6.07, 6.45) is 1.04. The third-order valence-electron chi connectivity index (χ3n) is 3.85. The van der Waals surface area contributed by atoms with E-state index in [4.69, 9.17) is 4.74 Å². The van der Waals surface area contributed by atoms with Gasteiger partial charge in [0.05, 0.1) is 5.69 Å². The van der Waals surface area contributed by atoms with Crippen LogP contribution >= 0.6 is 15.9 Å². The molecule has 1 saturated heterocycles. The van der Waals surface area contributed by atoms with Gasteiger partial charge in [-0.3, -0.25) is 4.90 Å². The number of methoxy groups -OCH3 is 1. The van der Waals surface area contributed by atoms with Crippen molar-refractivity contribution < 1.29 is 9.53 Å². The van der Waals surface area contributed by atoms with Crippen molar-refractivity contribution in [2.24, 2.45) is 0 Å². The molecule has 6 heteroatoms. The highest BCUT2D eigenvalue weighted by atomic mass is 79.9. The van der Waals surface area contributed by atoms with Crippen LogP contribution in [0.15, 0.2) is 22.7 Å². The Kier molecular flexibility index (Phi) is 6.67. The second-order valence-corrected chi connectivity index (χ2v) is 6.44. The first-order valence-electron chi connectivity index (χ1n) is 7.63. The molecule has 1 fully saturated rings. The van der Waals surface area contributed by atoms with E-state index in [9.17, 15) is 4.79 Å². The smallest absolute Gasteiger partial charge is 0.321 e. The molecule has 1 aromatic carbocycles. The van der Waals surface area contributed by atoms with Crippen LogP contribution in [0.5, 0.6) is 0 Å². The fourth-order valence-electron chi connectivity index (χ4n) is 2.52. The molecule has 0 radical (unpaired) electrons. The molecule has 2 rings (SSSR count). The van der Waals surface area contributed by atoms with Crippen LogP contribution in [0.4, 0.5) is 10.5 Å². The van der Waals surface area contributed by atoms with Crippen LogP contribution in [0, 0.1) is 6.92 Å². The van der Waals surface area contributed by atoms with Gasteiger partial charge in [0, 0.05) is 50.9 Å². The fourth-order valence-corrected chi connectivity index (χ4v) is 3.12. The van der Waals surface area contributed by atoms with Crippen LogP contribution in [0.3, 0.4) is 0 Å². The number of rotatable bonds is 5. The molecule has 0 bridgehead atoms. The molecular weight excluding hydrogens is 346 g/mol. The first kappa shape index (κ1) is 17.2. The molecule has 0 atom stereocenters. The molecule has 1 aliphatic rings. The highest BCUT2D eigenvalue weighted by molar-refractivity contribution is 9.10. The fraction of sp³-hybridized carbons (Fsp3) is 0.562. The van der Waals surface area contributed by atoms with Crippen LogP contribution in [0.25, 0.3) is 0 Å². The van der Waals surface area contributed by atoms with Crippen molar-refractivity contribution in [1.82, 2.24) is 9.80 Å². The summed E-state index contributed by atoms with van der Waals surface area (Å²) in [4.78, 5) is 16.6. The normalized spacial score (nSPS) is 15.9. The van der Waals surface area contributed by atoms with Gasteiger partial charge < -0.3 is 15.0 Å². The second kappa shape index (κ2) is 8.50. The average molecular weight is 370 g/mol. The number of halogens is 1. The van der Waals surface area contributed by atoms with Gasteiger partial charge in [-0.1, -0.05) is 6.07 Å². The van der Waals surface area contributed by atoms with E-state index >= 15 is 0 Å². The Bertz CT molecular complexity index is 502. The lowest BCUT2D eigenvalue weighted by molar-refractivity contribution is 0.130. The van der Waals surface area contributed by atoms with Crippen LogP contribution in [0.2, 0.25) is 0 Å². The maximum atomic E-state index is 12.3. The minimum atomic E-state index is -0.0268. The number of nitrogens with zero attached hydrogens (tertiary/aromatic N) is 2. The minimum Gasteiger partial charge on any atom is -0.385 e. The van der Waals surface area contributed by atoms with Crippen molar-refractivity contribution >= 4 is 27.6 Å². The summed E-state index contributed by atoms with van der Waals surface area (Å²) in [5.41, 5.74) is 1.98. The number of anilines is 1. The summed E-state index contributed by atoms with van der Waals surface area (Å²) < 4.78 is 5.99. The number of amides is 2. The lowest BCUT2D eigenvalue weighted by Gasteiger charge is -2.34. The Hall–Kier alpha value is -1.11. The van der Waals surface area contributed by atoms with E-state index in [1.54, 1.807) is 7.11 Å². The molecular formula is C16H24BrN3O2. The monoisotopic (exact) mass is 369 g/mol. The molecule has 122 valence electrons. The number of nitrogens with one attached hydrogen (secondary N) is 1. The lowest BCUT2D eigenvalue weighted by atomic mass is 10.2. The molecule has 0 saturated carbocycles. The molecule has 0 spiro atoms. The van der Waals surface area contributed by atoms with Gasteiger partial charge in [0.2, 0.25) is 0 Å². The summed E-state index contributed by atoms with van der Waals surface area (Å²) in [5.74, 6) is 0. The number of urea groups is 1. The molecule has 2 amide bonds. The Morgan fingerprint density at radius 2 is 2.05 bits per heavy atom. The highest BCUT2D eigenvalue weighted by Gasteiger charge is 2.21. The molecule has 22 heavy (non-hydrogen) atoms. The van der Waals surface area contributed by atoms with Crippen LogP contribution in [-0.4, -0.2) is 62.3 Å². The molecule has 1 heterocycles. The lowest BCUT2D eigenvalue weighted by Crippen LogP contribution is -2.50. The number of carbonyl (C=O) groups excluding carboxylic acids is 1. The first-order chi connectivity index (χ1) is 10.6. The third-order valence-corrected chi connectivity index (χ3v) is 4.50. The van der Waals surface area contributed by atoms with Gasteiger partial charge in [-0.25, -0.2) is 4.79 Å². The maximum absolute atomic E-state index is 12.3. The summed E-state index contributed by atoms with van der Waals surface area (Å²) >= 11 is 3.49. The molecule has 1 aliphatic heterocycles. The van der Waals surface area contributed by atoms with Gasteiger partial charge in [0.25, 0.3) is 0 Å². The van der Waals surface area contributed by atoms with Crippen molar-refractivity contribution in [3.8, 4) is 0 Å². The number of hydrogen-bond donors (Lipinski definition) is 1. The number of carbonyl (C=O) groups is 1. The van der Waals surface area contributed by atoms with Gasteiger partial charge >= 0.3 is 6.03 Å². The van der Waals surface area contributed by atoms with E-state index in [2.05, 4.69) is 26.1 Å². The van der Waals surface area contributed by atoms with Gasteiger partial charge in [-0.15, -0.1) is 0 Å². The SMILES string of the molecule is COCCCN1CCN(C(=O)Nc2ccc(C)cc2Br)CC1. The Morgan fingerprint density at radius 3 is 2.68 bits per heavy atom. The minimum absolute atomic E-state index is 0.0268. The summed E-state index contributed by atoms with van der Waals surface area (Å²) in [5, 5.41) is 2.98. The zero-order valence-corrected chi connectivity index (χ0v) is 14.9. The summed E-state index contributed by atoms with van der Waals surface area (Å²) in [7, 11) is 1.73. The molecule has 0 aromatic heterocycles. The molecule has 1 N–H and O–H groups in total. The van der Waals surface area contributed by atoms with E-state index in [-0.39, 0.29) is 6.03 Å². The molecule has 0 unspecified atom stereocenters. The van der Waals surface area contributed by atoms with Gasteiger partial charge in [0.15, 0.2) is 0 Å². The number of hydrogen-bond acceptors (Lipinski definition) is 3. The zero-order valence-electron chi connectivity index (χ0n) is 13.3. The van der Waals surface area contributed by atoms with E-state index in [0.29, 0.717) is 0 Å². The number of aryl methyl sites for hydroxylation is 1. The van der Waals surface area contributed by atoms with Gasteiger partial charge in [-0.05, 0) is 47.0 Å². The first-order valence-corrected chi connectivity index (χ1v) is 8.43. The summed E-state index contributed by atoms with van der Waals surface area (Å²) in [6.45, 7) is 7.23. The quantitative estimate of drug-likeness (QED) is 0.811. The van der Waals surface area contributed by atoms with Gasteiger partial charge in [-0.2, -0.15) is 0 Å².